The largest absolute Gasteiger partial charge is 0.493 e. The molecule has 11 nitrogen and oxygen atoms in total. The van der Waals surface area contributed by atoms with Gasteiger partial charge in [0.05, 0.1) is 36.6 Å². The normalized spacial score (nSPS) is 30.7. The molecule has 3 fully saturated rings. The van der Waals surface area contributed by atoms with Gasteiger partial charge in [0.25, 0.3) is 5.91 Å². The van der Waals surface area contributed by atoms with E-state index >= 15 is 0 Å². The van der Waals surface area contributed by atoms with Crippen LogP contribution in [0.25, 0.3) is 11.1 Å². The number of hydrogen-bond acceptors (Lipinski definition) is 8. The molecule has 2 amide bonds. The Hall–Kier alpha value is -2.99. The minimum atomic E-state index is -0.616. The summed E-state index contributed by atoms with van der Waals surface area (Å²) in [4.78, 5) is 29.4. The average molecular weight is 553 g/mol. The van der Waals surface area contributed by atoms with Gasteiger partial charge in [-0.25, -0.2) is 0 Å². The summed E-state index contributed by atoms with van der Waals surface area (Å²) in [6.07, 6.45) is 6.95. The molecule has 0 spiro atoms. The highest BCUT2D eigenvalue weighted by Crippen LogP contribution is 2.30. The Bertz CT molecular complexity index is 1210. The molecule has 0 aliphatic carbocycles. The van der Waals surface area contributed by atoms with E-state index in [1.165, 1.54) is 0 Å². The molecular formula is C29H40N6O5. The first kappa shape index (κ1) is 27.2. The van der Waals surface area contributed by atoms with Gasteiger partial charge in [-0.3, -0.25) is 19.2 Å². The summed E-state index contributed by atoms with van der Waals surface area (Å²) in [6.45, 7) is 3.08. The van der Waals surface area contributed by atoms with Gasteiger partial charge in [-0.2, -0.15) is 5.10 Å². The van der Waals surface area contributed by atoms with E-state index in [1.807, 2.05) is 31.4 Å². The third-order valence-corrected chi connectivity index (χ3v) is 8.78. The third kappa shape index (κ3) is 5.88. The lowest BCUT2D eigenvalue weighted by molar-refractivity contribution is -0.134. The van der Waals surface area contributed by atoms with E-state index in [9.17, 15) is 14.7 Å². The van der Waals surface area contributed by atoms with Crippen LogP contribution >= 0.6 is 0 Å². The Labute approximate surface area is 234 Å². The van der Waals surface area contributed by atoms with Crippen LogP contribution in [0.4, 0.5) is 0 Å². The van der Waals surface area contributed by atoms with E-state index in [1.54, 1.807) is 10.9 Å². The number of carbonyl (C=O) groups excluding carboxylic acids is 2. The zero-order valence-corrected chi connectivity index (χ0v) is 23.1. The summed E-state index contributed by atoms with van der Waals surface area (Å²) >= 11 is 0. The first-order chi connectivity index (χ1) is 19.4. The Morgan fingerprint density at radius 1 is 1.07 bits per heavy atom. The maximum Gasteiger partial charge on any atom is 0.255 e. The zero-order valence-electron chi connectivity index (χ0n) is 23.1. The number of nitrogens with zero attached hydrogens (tertiary/aromatic N) is 3. The molecule has 4 N–H and O–H groups in total. The van der Waals surface area contributed by atoms with Crippen molar-refractivity contribution in [3.8, 4) is 16.9 Å². The van der Waals surface area contributed by atoms with E-state index in [-0.39, 0.29) is 42.6 Å². The van der Waals surface area contributed by atoms with Crippen LogP contribution in [0.2, 0.25) is 0 Å². The molecule has 40 heavy (non-hydrogen) atoms. The Balaban J connectivity index is 1.29. The van der Waals surface area contributed by atoms with Crippen molar-refractivity contribution in [3.05, 3.63) is 36.2 Å². The molecule has 6 rings (SSSR count). The maximum absolute atomic E-state index is 13.6. The van der Waals surface area contributed by atoms with E-state index in [0.717, 1.165) is 37.1 Å². The first-order valence-electron chi connectivity index (χ1n) is 14.6. The lowest BCUT2D eigenvalue weighted by atomic mass is 9.99. The second kappa shape index (κ2) is 11.9. The summed E-state index contributed by atoms with van der Waals surface area (Å²) in [5.41, 5.74) is 2.33. The summed E-state index contributed by atoms with van der Waals surface area (Å²) in [7, 11) is 1.87. The number of carbonyl (C=O) groups is 2. The highest BCUT2D eigenvalue weighted by Gasteiger charge is 2.42. The zero-order chi connectivity index (χ0) is 27.6. The van der Waals surface area contributed by atoms with Crippen LogP contribution in [-0.4, -0.2) is 101 Å². The van der Waals surface area contributed by atoms with Gasteiger partial charge in [0.15, 0.2) is 0 Å². The Morgan fingerprint density at radius 3 is 2.73 bits per heavy atom. The van der Waals surface area contributed by atoms with Crippen LogP contribution in [0.3, 0.4) is 0 Å². The van der Waals surface area contributed by atoms with Crippen molar-refractivity contribution in [2.24, 2.45) is 7.05 Å². The predicted octanol–water partition coefficient (Wildman–Crippen LogP) is 0.819. The van der Waals surface area contributed by atoms with Crippen molar-refractivity contribution < 1.29 is 24.2 Å². The minimum Gasteiger partial charge on any atom is -0.493 e. The number of benzene rings is 1. The van der Waals surface area contributed by atoms with Gasteiger partial charge in [-0.05, 0) is 62.9 Å². The number of ether oxygens (including phenoxy) is 2. The van der Waals surface area contributed by atoms with E-state index in [0.29, 0.717) is 50.1 Å². The van der Waals surface area contributed by atoms with Gasteiger partial charge in [-0.1, -0.05) is 6.07 Å². The van der Waals surface area contributed by atoms with Gasteiger partial charge in [-0.15, -0.1) is 0 Å². The number of nitrogens with one attached hydrogen (secondary N) is 3. The van der Waals surface area contributed by atoms with Crippen molar-refractivity contribution in [1.82, 2.24) is 30.6 Å². The quantitative estimate of drug-likeness (QED) is 0.431. The van der Waals surface area contributed by atoms with Crippen LogP contribution in [0, 0.1) is 0 Å². The summed E-state index contributed by atoms with van der Waals surface area (Å²) in [6, 6.07) is 5.39. The van der Waals surface area contributed by atoms with Crippen LogP contribution < -0.4 is 20.7 Å². The number of hydrogen-bond donors (Lipinski definition) is 4. The molecule has 1 aromatic carbocycles. The molecule has 5 atom stereocenters. The molecule has 2 aromatic rings. The van der Waals surface area contributed by atoms with Gasteiger partial charge in [0.1, 0.15) is 11.9 Å². The molecule has 1 aromatic heterocycles. The lowest BCUT2D eigenvalue weighted by Gasteiger charge is -2.36. The van der Waals surface area contributed by atoms with Crippen LogP contribution in [0.15, 0.2) is 30.6 Å². The number of fused-ring (bicyclic) bond motifs is 5. The fourth-order valence-electron chi connectivity index (χ4n) is 6.57. The standard InChI is InChI=1S/C29H40N6O5/c1-34-16-19(14-32-34)18-2-4-23-26(12-18)39-11-8-22-3-5-25(36)27(40-22)15-31-29(38)24-13-20(33-28(23)37)17-35(24)21-6-9-30-10-7-21/h2,4,12,14,16,20-22,24-25,27,30,36H,3,5-11,13,15,17H2,1H3,(H,31,38)(H,33,37)/t20-,22-,24-,25-,27+/m0/s1. The fourth-order valence-corrected chi connectivity index (χ4v) is 6.57. The smallest absolute Gasteiger partial charge is 0.255 e. The average Bonchev–Trinajstić information content (AvgIpc) is 3.59. The number of rotatable bonds is 2. The summed E-state index contributed by atoms with van der Waals surface area (Å²) in [5, 5.41) is 24.6. The Kier molecular flexibility index (Phi) is 8.06. The SMILES string of the molecule is Cn1cc(-c2ccc3c(c2)OCC[C@@H]2CC[C@H](O)[C@@H](CNC(=O)[C@@H]4C[C@@H](CN4C4CCNCC4)NC3=O)O2)cn1. The molecule has 0 unspecified atom stereocenters. The van der Waals surface area contributed by atoms with Crippen LogP contribution in [-0.2, 0) is 16.6 Å². The Morgan fingerprint density at radius 2 is 1.93 bits per heavy atom. The highest BCUT2D eigenvalue weighted by atomic mass is 16.5. The number of likely N-dealkylation sites (tertiary alicyclic amines) is 1. The minimum absolute atomic E-state index is 0.0647. The van der Waals surface area contributed by atoms with Crippen molar-refractivity contribution in [3.63, 3.8) is 0 Å². The summed E-state index contributed by atoms with van der Waals surface area (Å²) < 4.78 is 14.2. The van der Waals surface area contributed by atoms with Gasteiger partial charge in [0, 0.05) is 50.4 Å². The maximum atomic E-state index is 13.6. The number of aliphatic hydroxyl groups excluding tert-OH is 1. The number of amides is 2. The van der Waals surface area contributed by atoms with E-state index in [2.05, 4.69) is 25.9 Å². The molecule has 0 radical (unpaired) electrons. The molecule has 216 valence electrons. The van der Waals surface area contributed by atoms with Crippen LogP contribution in [0.1, 0.15) is 48.9 Å². The molecule has 0 saturated carbocycles. The molecule has 4 aliphatic rings. The predicted molar refractivity (Wildman–Crippen MR) is 148 cm³/mol. The topological polar surface area (TPSA) is 130 Å². The number of aryl methyl sites for hydroxylation is 1. The van der Waals surface area contributed by atoms with Crippen molar-refractivity contribution >= 4 is 11.8 Å². The van der Waals surface area contributed by atoms with Gasteiger partial charge < -0.3 is 30.5 Å². The van der Waals surface area contributed by atoms with Gasteiger partial charge in [0.2, 0.25) is 5.91 Å². The summed E-state index contributed by atoms with van der Waals surface area (Å²) in [5.74, 6) is 0.249. The number of aromatic nitrogens is 2. The molecule has 3 saturated heterocycles. The number of piperidine rings is 1. The van der Waals surface area contributed by atoms with Crippen molar-refractivity contribution in [2.45, 2.75) is 75.0 Å². The van der Waals surface area contributed by atoms with E-state index in [4.69, 9.17) is 9.47 Å². The third-order valence-electron chi connectivity index (χ3n) is 8.78. The fraction of sp³-hybridized carbons (Fsp3) is 0.621. The number of aliphatic hydroxyl groups is 1. The first-order valence-corrected chi connectivity index (χ1v) is 14.6. The molecule has 11 heteroatoms. The second-order valence-electron chi connectivity index (χ2n) is 11.5. The molecule has 5 heterocycles. The van der Waals surface area contributed by atoms with Crippen molar-refractivity contribution in [1.29, 1.82) is 0 Å². The van der Waals surface area contributed by atoms with Gasteiger partial charge >= 0.3 is 0 Å². The molecular weight excluding hydrogens is 512 g/mol. The lowest BCUT2D eigenvalue weighted by Crippen LogP contribution is -2.53. The second-order valence-corrected chi connectivity index (χ2v) is 11.5. The molecule has 4 aliphatic heterocycles. The highest BCUT2D eigenvalue weighted by molar-refractivity contribution is 5.98. The van der Waals surface area contributed by atoms with E-state index < -0.39 is 12.2 Å². The van der Waals surface area contributed by atoms with Crippen molar-refractivity contribution in [2.75, 3.05) is 32.8 Å². The van der Waals surface area contributed by atoms with Crippen LogP contribution in [0.5, 0.6) is 5.75 Å². The monoisotopic (exact) mass is 552 g/mol. The molecule has 4 bridgehead atoms.